The Morgan fingerprint density at radius 1 is 0.871 bits per heavy atom. The van der Waals surface area contributed by atoms with Crippen molar-refractivity contribution in [2.45, 2.75) is 110 Å². The van der Waals surface area contributed by atoms with Gasteiger partial charge < -0.3 is 9.15 Å². The Morgan fingerprint density at radius 2 is 1.45 bits per heavy atom. The van der Waals surface area contributed by atoms with Crippen LogP contribution in [-0.2, 0) is 0 Å². The zero-order chi connectivity index (χ0) is 22.2. The van der Waals surface area contributed by atoms with Gasteiger partial charge in [0.1, 0.15) is 0 Å². The lowest BCUT2D eigenvalue weighted by molar-refractivity contribution is 0.304. The number of hydrogen-bond acceptors (Lipinski definition) is 4. The van der Waals surface area contributed by atoms with E-state index < -0.39 is 5.63 Å². The number of aromatic nitrogens is 1. The molecule has 172 valence electrons. The van der Waals surface area contributed by atoms with Crippen LogP contribution in [-0.4, -0.2) is 4.98 Å². The first-order valence-electron chi connectivity index (χ1n) is 12.4. The molecule has 1 aromatic carbocycles. The van der Waals surface area contributed by atoms with E-state index >= 15 is 0 Å². The highest BCUT2D eigenvalue weighted by Crippen LogP contribution is 2.15. The first-order chi connectivity index (χ1) is 15.2. The lowest BCUT2D eigenvalue weighted by atomic mass is 10.0. The van der Waals surface area contributed by atoms with Gasteiger partial charge in [0.15, 0.2) is 0 Å². The van der Waals surface area contributed by atoms with E-state index in [1.165, 1.54) is 83.5 Å². The third-order valence-corrected chi connectivity index (χ3v) is 5.75. The molecule has 0 saturated carbocycles. The topological polar surface area (TPSA) is 52.3 Å². The molecule has 0 aliphatic carbocycles. The Hall–Kier alpha value is -2.10. The van der Waals surface area contributed by atoms with Gasteiger partial charge in [0.2, 0.25) is 0 Å². The smallest absolute Gasteiger partial charge is 0.402 e. The van der Waals surface area contributed by atoms with Crippen molar-refractivity contribution in [3.05, 3.63) is 46.5 Å². The maximum absolute atomic E-state index is 12.0. The van der Waals surface area contributed by atoms with E-state index in [4.69, 9.17) is 9.15 Å². The van der Waals surface area contributed by atoms with Crippen LogP contribution < -0.4 is 10.4 Å². The highest BCUT2D eigenvalue weighted by Gasteiger charge is 2.06. The van der Waals surface area contributed by atoms with E-state index in [2.05, 4.69) is 11.9 Å². The molecule has 1 aromatic heterocycles. The van der Waals surface area contributed by atoms with Gasteiger partial charge in [-0.05, 0) is 38.0 Å². The molecule has 4 heteroatoms. The number of rotatable bonds is 17. The molecule has 0 amide bonds. The van der Waals surface area contributed by atoms with Gasteiger partial charge in [-0.2, -0.15) is 4.98 Å². The van der Waals surface area contributed by atoms with Gasteiger partial charge in [0.05, 0.1) is 17.2 Å². The molecule has 0 spiro atoms. The number of ether oxygens (including phenoxy) is 1. The van der Waals surface area contributed by atoms with E-state index in [0.29, 0.717) is 10.9 Å². The molecule has 0 N–H and O–H groups in total. The summed E-state index contributed by atoms with van der Waals surface area (Å²) in [6, 6.07) is 5.51. The molecule has 0 bridgehead atoms. The summed E-state index contributed by atoms with van der Waals surface area (Å²) in [5.41, 5.74) is 1.18. The SMILES string of the molecule is CCCCCCCCCCCCCCCC/C=C/Oc1nc2ccc(C)cc2c(=O)o1. The van der Waals surface area contributed by atoms with Gasteiger partial charge >= 0.3 is 11.7 Å². The third-order valence-electron chi connectivity index (χ3n) is 5.75. The van der Waals surface area contributed by atoms with Gasteiger partial charge in [0.25, 0.3) is 0 Å². The minimum atomic E-state index is -0.413. The van der Waals surface area contributed by atoms with Crippen LogP contribution in [0.25, 0.3) is 10.9 Å². The van der Waals surface area contributed by atoms with Crippen molar-refractivity contribution >= 4 is 10.9 Å². The largest absolute Gasteiger partial charge is 0.419 e. The lowest BCUT2D eigenvalue weighted by Crippen LogP contribution is -2.03. The van der Waals surface area contributed by atoms with E-state index in [0.717, 1.165) is 18.4 Å². The molecular weight excluding hydrogens is 386 g/mol. The van der Waals surface area contributed by atoms with Gasteiger partial charge in [-0.1, -0.05) is 102 Å². The van der Waals surface area contributed by atoms with Crippen molar-refractivity contribution in [3.63, 3.8) is 0 Å². The van der Waals surface area contributed by atoms with Gasteiger partial charge in [-0.3, -0.25) is 0 Å². The molecular formula is C27H41NO3. The first-order valence-corrected chi connectivity index (χ1v) is 12.4. The molecule has 0 saturated heterocycles. The normalized spacial score (nSPS) is 11.5. The molecule has 0 radical (unpaired) electrons. The Kier molecular flexibility index (Phi) is 12.7. The summed E-state index contributed by atoms with van der Waals surface area (Å²) in [7, 11) is 0. The first kappa shape index (κ1) is 25.2. The second-order valence-electron chi connectivity index (χ2n) is 8.66. The van der Waals surface area contributed by atoms with Crippen molar-refractivity contribution in [2.24, 2.45) is 0 Å². The Labute approximate surface area is 188 Å². The zero-order valence-corrected chi connectivity index (χ0v) is 19.7. The van der Waals surface area contributed by atoms with Crippen LogP contribution in [0.15, 0.2) is 39.7 Å². The zero-order valence-electron chi connectivity index (χ0n) is 19.7. The van der Waals surface area contributed by atoms with E-state index in [1.54, 1.807) is 12.3 Å². The van der Waals surface area contributed by atoms with Crippen LogP contribution in [0, 0.1) is 6.92 Å². The monoisotopic (exact) mass is 427 g/mol. The van der Waals surface area contributed by atoms with Crippen molar-refractivity contribution in [3.8, 4) is 6.08 Å². The van der Waals surface area contributed by atoms with Crippen molar-refractivity contribution in [1.82, 2.24) is 4.98 Å². The number of hydrogen-bond donors (Lipinski definition) is 0. The summed E-state index contributed by atoms with van der Waals surface area (Å²) in [5, 5.41) is 0.485. The number of nitrogens with zero attached hydrogens (tertiary/aromatic N) is 1. The maximum Gasteiger partial charge on any atom is 0.402 e. The van der Waals surface area contributed by atoms with E-state index in [9.17, 15) is 4.79 Å². The van der Waals surface area contributed by atoms with Gasteiger partial charge in [-0.25, -0.2) is 4.79 Å². The summed E-state index contributed by atoms with van der Waals surface area (Å²) in [4.78, 5) is 16.3. The molecule has 1 heterocycles. The second-order valence-corrected chi connectivity index (χ2v) is 8.66. The molecule has 0 unspecified atom stereocenters. The second kappa shape index (κ2) is 15.7. The quantitative estimate of drug-likeness (QED) is 0.188. The molecule has 4 nitrogen and oxygen atoms in total. The van der Waals surface area contributed by atoms with Crippen molar-refractivity contribution in [1.29, 1.82) is 0 Å². The lowest BCUT2D eigenvalue weighted by Gasteiger charge is -2.03. The number of fused-ring (bicyclic) bond motifs is 1. The fourth-order valence-electron chi connectivity index (χ4n) is 3.85. The summed E-state index contributed by atoms with van der Waals surface area (Å²) in [5.74, 6) is 0. The van der Waals surface area contributed by atoms with Crippen LogP contribution in [0.4, 0.5) is 0 Å². The molecule has 0 fully saturated rings. The Bertz CT molecular complexity index is 825. The number of unbranched alkanes of at least 4 members (excludes halogenated alkanes) is 14. The minimum Gasteiger partial charge on any atom is -0.419 e. The van der Waals surface area contributed by atoms with Crippen LogP contribution in [0.3, 0.4) is 0 Å². The van der Waals surface area contributed by atoms with E-state index in [1.807, 2.05) is 25.1 Å². The fourth-order valence-corrected chi connectivity index (χ4v) is 3.85. The molecule has 2 rings (SSSR count). The highest BCUT2D eigenvalue weighted by atomic mass is 16.6. The average molecular weight is 428 g/mol. The fraction of sp³-hybridized carbons (Fsp3) is 0.630. The van der Waals surface area contributed by atoms with Crippen LogP contribution in [0.2, 0.25) is 0 Å². The minimum absolute atomic E-state index is 0.00133. The summed E-state index contributed by atoms with van der Waals surface area (Å²) >= 11 is 0. The standard InChI is InChI=1S/C27H41NO3/c1-3-4-5-6-7-8-9-10-11-12-13-14-15-16-17-18-21-30-27-28-25-20-19-23(2)22-24(25)26(29)31-27/h18-22H,3-17H2,1-2H3/b21-18+. The van der Waals surface area contributed by atoms with Crippen molar-refractivity contribution < 1.29 is 9.15 Å². The van der Waals surface area contributed by atoms with Crippen LogP contribution in [0.5, 0.6) is 6.08 Å². The number of allylic oxidation sites excluding steroid dienone is 1. The predicted molar refractivity (Wildman–Crippen MR) is 130 cm³/mol. The summed E-state index contributed by atoms with van der Waals surface area (Å²) in [6.07, 6.45) is 23.6. The molecule has 31 heavy (non-hydrogen) atoms. The van der Waals surface area contributed by atoms with Crippen molar-refractivity contribution in [2.75, 3.05) is 0 Å². The number of aryl methyl sites for hydroxylation is 1. The maximum atomic E-state index is 12.0. The predicted octanol–water partition coefficient (Wildman–Crippen LogP) is 8.26. The Balaban J connectivity index is 1.45. The highest BCUT2D eigenvalue weighted by molar-refractivity contribution is 5.77. The summed E-state index contributed by atoms with van der Waals surface area (Å²) < 4.78 is 10.5. The van der Waals surface area contributed by atoms with Gasteiger partial charge in [0, 0.05) is 0 Å². The number of benzene rings is 1. The third kappa shape index (κ3) is 10.7. The van der Waals surface area contributed by atoms with Crippen LogP contribution >= 0.6 is 0 Å². The van der Waals surface area contributed by atoms with E-state index in [-0.39, 0.29) is 6.08 Å². The average Bonchev–Trinajstić information content (AvgIpc) is 2.76. The van der Waals surface area contributed by atoms with Gasteiger partial charge in [-0.15, -0.1) is 0 Å². The molecule has 0 aliphatic rings. The molecule has 0 aliphatic heterocycles. The molecule has 2 aromatic rings. The molecule has 0 atom stereocenters. The summed E-state index contributed by atoms with van der Waals surface area (Å²) in [6.45, 7) is 4.21. The van der Waals surface area contributed by atoms with Crippen LogP contribution in [0.1, 0.15) is 109 Å². The Morgan fingerprint density at radius 3 is 2.06 bits per heavy atom.